The first-order valence-corrected chi connectivity index (χ1v) is 22.5. The van der Waals surface area contributed by atoms with Gasteiger partial charge in [-0.3, -0.25) is 13.9 Å². The average molecular weight is 755 g/mol. The Morgan fingerprint density at radius 3 is 1.96 bits per heavy atom. The first kappa shape index (κ1) is 38.3. The van der Waals surface area contributed by atoms with Gasteiger partial charge in [0.05, 0.1) is 18.5 Å². The first-order chi connectivity index (χ1) is 23.2. The molecule has 4 aromatic rings. The Balaban J connectivity index is 0.000000194. The summed E-state index contributed by atoms with van der Waals surface area (Å²) < 4.78 is 16.8. The van der Waals surface area contributed by atoms with E-state index < -0.39 is 68.4 Å². The Kier molecular flexibility index (Phi) is 10.9. The van der Waals surface area contributed by atoms with Crippen LogP contribution in [0.15, 0.2) is 11.1 Å². The molecular weight excluding hydrogens is 706 g/mol. The molecule has 0 aliphatic carbocycles. The lowest BCUT2D eigenvalue weighted by Crippen LogP contribution is -2.32. The fourth-order valence-corrected chi connectivity index (χ4v) is 8.09. The van der Waals surface area contributed by atoms with Crippen molar-refractivity contribution in [1.29, 1.82) is 0 Å². The lowest BCUT2D eigenvalue weighted by atomic mass is 10.1. The molecule has 6 heterocycles. The van der Waals surface area contributed by atoms with Crippen molar-refractivity contribution in [2.45, 2.75) is 68.8 Å². The zero-order chi connectivity index (χ0) is 37.0. The van der Waals surface area contributed by atoms with Crippen molar-refractivity contribution in [3.8, 4) is 0 Å². The number of rotatable bonds is 8. The maximum Gasteiger partial charge on any atom is 0.279 e. The Bertz CT molecular complexity index is 2100. The summed E-state index contributed by atoms with van der Waals surface area (Å²) >= 11 is 5.34. The van der Waals surface area contributed by atoms with E-state index in [9.17, 15) is 25.2 Å². The summed E-state index contributed by atoms with van der Waals surface area (Å²) in [7, 11) is 1.72. The third kappa shape index (κ3) is 7.78. The minimum absolute atomic E-state index is 0.000452. The van der Waals surface area contributed by atoms with Crippen molar-refractivity contribution in [2.24, 2.45) is 7.05 Å². The number of fused-ring (bicyclic) bond motifs is 2. The molecule has 4 aromatic heterocycles. The van der Waals surface area contributed by atoms with Gasteiger partial charge in [-0.25, -0.2) is 15.0 Å². The van der Waals surface area contributed by atoms with E-state index in [-0.39, 0.29) is 23.1 Å². The van der Waals surface area contributed by atoms with Crippen LogP contribution < -0.4 is 17.0 Å². The van der Waals surface area contributed by atoms with Crippen LogP contribution in [0.2, 0.25) is 0 Å². The second-order valence-electron chi connectivity index (χ2n) is 14.3. The summed E-state index contributed by atoms with van der Waals surface area (Å²) in [5.41, 5.74) is 12.6. The highest BCUT2D eigenvalue weighted by Crippen LogP contribution is 2.41. The molecular formula is C30H48N10O7P2S. The minimum Gasteiger partial charge on any atom is -0.388 e. The van der Waals surface area contributed by atoms with Crippen LogP contribution in [-0.4, -0.2) is 147 Å². The molecule has 0 aromatic carbocycles. The van der Waals surface area contributed by atoms with Gasteiger partial charge in [-0.15, -0.1) is 26.4 Å². The minimum atomic E-state index is -1.28. The number of aromatic amines is 1. The molecule has 2 aliphatic heterocycles. The average Bonchev–Trinajstić information content (AvgIpc) is 3.73. The van der Waals surface area contributed by atoms with Crippen LogP contribution in [0, 0.1) is 11.6 Å². The number of imidazole rings is 2. The van der Waals surface area contributed by atoms with Crippen molar-refractivity contribution in [3.63, 3.8) is 0 Å². The van der Waals surface area contributed by atoms with E-state index in [2.05, 4.69) is 64.2 Å². The van der Waals surface area contributed by atoms with Crippen LogP contribution >= 0.6 is 26.0 Å². The summed E-state index contributed by atoms with van der Waals surface area (Å²) in [6.07, 6.45) is 5.69. The van der Waals surface area contributed by atoms with Crippen LogP contribution in [0.1, 0.15) is 31.1 Å². The summed E-state index contributed by atoms with van der Waals surface area (Å²) in [6.45, 7) is 7.57. The smallest absolute Gasteiger partial charge is 0.279 e. The number of anilines is 2. The molecule has 6 rings (SSSR count). The topological polar surface area (TPSA) is 251 Å². The highest BCUT2D eigenvalue weighted by molar-refractivity contribution is 7.72. The standard InChI is InChI=1S/C15H24N5O4P.C15H24N5O3PS/c1-7-17-12-9(13(23)18-7)19-15(16)20(12)14-11(22)10(21)8(24-14)5-6-25(2,3)4;1-19-14(25)9-12(18-15(19)16)20(7-17-9)13-11(22)10(21)8(23-13)5-6-24(2,3)4/h8,10-11,14,21-22H,2,5-6H2,1,3-4H3,(H2,16,19)(H,17,18,23);7-8,10-11,13,21-22H,2,5-6H2,1,3-4H3,(H2,16,18)/t8-,10-,11-,14-;8-,10-,11-,13-/m11/s1. The lowest BCUT2D eigenvalue weighted by molar-refractivity contribution is -0.0353. The maximum absolute atomic E-state index is 12.0. The van der Waals surface area contributed by atoms with Gasteiger partial charge in [0.15, 0.2) is 29.3 Å². The number of aromatic nitrogens is 8. The summed E-state index contributed by atoms with van der Waals surface area (Å²) in [4.78, 5) is 31.4. The van der Waals surface area contributed by atoms with Crippen molar-refractivity contribution < 1.29 is 29.9 Å². The van der Waals surface area contributed by atoms with E-state index in [1.807, 2.05) is 0 Å². The van der Waals surface area contributed by atoms with E-state index in [4.69, 9.17) is 33.2 Å². The predicted molar refractivity (Wildman–Crippen MR) is 202 cm³/mol. The number of nitrogens with zero attached hydrogens (tertiary/aromatic N) is 7. The number of nitrogens with two attached hydrogens (primary N) is 2. The quantitative estimate of drug-likeness (QED) is 0.0958. The summed E-state index contributed by atoms with van der Waals surface area (Å²) in [5, 5.41) is 41.6. The molecule has 2 saturated heterocycles. The molecule has 8 atom stereocenters. The zero-order valence-corrected chi connectivity index (χ0v) is 31.6. The first-order valence-electron chi connectivity index (χ1n) is 16.0. The summed E-state index contributed by atoms with van der Waals surface area (Å²) in [6, 6.07) is 0. The van der Waals surface area contributed by atoms with Crippen LogP contribution in [0.25, 0.3) is 22.3 Å². The number of ether oxygens (including phenoxy) is 2. The molecule has 0 unspecified atom stereocenters. The molecule has 50 heavy (non-hydrogen) atoms. The van der Waals surface area contributed by atoms with Gasteiger partial charge in [-0.05, 0) is 58.7 Å². The SMILES string of the molecule is C=P(C)(C)CC[C@H]1O[C@@H](n2c(N)nc3c(=O)[nH]c(C)nc32)[C@H](O)[C@@H]1O.C=P(C)(C)CC[C@H]1O[C@@H](n2cnc3c(=S)n(C)c(N)nc32)[C@H](O)[C@@H]1O. The monoisotopic (exact) mass is 754 g/mol. The van der Waals surface area contributed by atoms with Gasteiger partial charge in [0.2, 0.25) is 11.9 Å². The Hall–Kier alpha value is -2.92. The van der Waals surface area contributed by atoms with Crippen molar-refractivity contribution in [2.75, 3.05) is 50.5 Å². The van der Waals surface area contributed by atoms with Gasteiger partial charge in [0.25, 0.3) is 5.56 Å². The van der Waals surface area contributed by atoms with E-state index in [0.717, 1.165) is 12.3 Å². The van der Waals surface area contributed by atoms with E-state index >= 15 is 0 Å². The fraction of sp³-hybridized carbons (Fsp3) is 0.600. The van der Waals surface area contributed by atoms with Gasteiger partial charge in [0.1, 0.15) is 40.4 Å². The van der Waals surface area contributed by atoms with Gasteiger partial charge < -0.3 is 50.9 Å². The van der Waals surface area contributed by atoms with Gasteiger partial charge in [-0.1, -0.05) is 12.2 Å². The van der Waals surface area contributed by atoms with Crippen LogP contribution in [0.5, 0.6) is 0 Å². The molecule has 9 N–H and O–H groups in total. The number of aliphatic hydroxyl groups excluding tert-OH is 4. The highest BCUT2D eigenvalue weighted by Gasteiger charge is 2.46. The third-order valence-electron chi connectivity index (χ3n) is 8.78. The molecule has 17 nitrogen and oxygen atoms in total. The van der Waals surface area contributed by atoms with Crippen molar-refractivity contribution in [1.82, 2.24) is 38.6 Å². The second kappa shape index (κ2) is 14.2. The Morgan fingerprint density at radius 2 is 1.40 bits per heavy atom. The molecule has 0 bridgehead atoms. The molecule has 20 heteroatoms. The van der Waals surface area contributed by atoms with E-state index in [0.29, 0.717) is 34.5 Å². The molecule has 2 fully saturated rings. The van der Waals surface area contributed by atoms with Crippen LogP contribution in [0.3, 0.4) is 0 Å². The van der Waals surface area contributed by atoms with Gasteiger partial charge in [0, 0.05) is 7.05 Å². The van der Waals surface area contributed by atoms with Crippen molar-refractivity contribution >= 4 is 72.8 Å². The molecule has 0 saturated carbocycles. The molecule has 0 spiro atoms. The molecule has 0 amide bonds. The maximum atomic E-state index is 12.0. The highest BCUT2D eigenvalue weighted by atomic mass is 32.1. The number of hydrogen-bond acceptors (Lipinski definition) is 14. The fourth-order valence-electron chi connectivity index (χ4n) is 5.94. The van der Waals surface area contributed by atoms with E-state index in [1.165, 1.54) is 10.9 Å². The normalized spacial score (nSPS) is 27.2. The van der Waals surface area contributed by atoms with Crippen LogP contribution in [-0.2, 0) is 16.5 Å². The molecule has 2 aliphatic rings. The van der Waals surface area contributed by atoms with Crippen LogP contribution in [0.4, 0.5) is 11.9 Å². The number of nitrogens with one attached hydrogen (secondary N) is 1. The second-order valence-corrected chi connectivity index (χ2v) is 23.3. The largest absolute Gasteiger partial charge is 0.388 e. The van der Waals surface area contributed by atoms with Gasteiger partial charge >= 0.3 is 0 Å². The number of aliphatic hydroxyl groups is 4. The molecule has 0 radical (unpaired) electrons. The predicted octanol–water partition coefficient (Wildman–Crippen LogP) is 0.529. The zero-order valence-electron chi connectivity index (χ0n) is 29.0. The number of hydrogen-bond donors (Lipinski definition) is 7. The van der Waals surface area contributed by atoms with Gasteiger partial charge in [-0.2, -0.15) is 4.98 Å². The number of aryl methyl sites for hydroxylation is 1. The van der Waals surface area contributed by atoms with E-state index in [1.54, 1.807) is 23.1 Å². The molecule has 276 valence electrons. The number of nitrogen functional groups attached to an aromatic ring is 2. The van der Waals surface area contributed by atoms with Crippen molar-refractivity contribution in [3.05, 3.63) is 27.1 Å². The Morgan fingerprint density at radius 1 is 0.860 bits per heavy atom. The third-order valence-corrected chi connectivity index (χ3v) is 12.2. The lowest BCUT2D eigenvalue weighted by Gasteiger charge is -2.19. The Labute approximate surface area is 294 Å². The summed E-state index contributed by atoms with van der Waals surface area (Å²) in [5.74, 6) is 0.639. The number of H-pyrrole nitrogens is 1.